The third-order valence-corrected chi connectivity index (χ3v) is 6.11. The van der Waals surface area contributed by atoms with Crippen LogP contribution in [0.3, 0.4) is 0 Å². The molecular weight excluding hydrogens is 451 g/mol. The summed E-state index contributed by atoms with van der Waals surface area (Å²) < 4.78 is 5.58. The molecule has 0 spiro atoms. The third-order valence-electron chi connectivity index (χ3n) is 5.62. The summed E-state index contributed by atoms with van der Waals surface area (Å²) in [6.45, 7) is 0.666. The van der Waals surface area contributed by atoms with Crippen LogP contribution in [-0.4, -0.2) is 52.3 Å². The van der Waals surface area contributed by atoms with Gasteiger partial charge in [0.05, 0.1) is 11.0 Å². The number of carbonyl (C=O) groups is 1. The average Bonchev–Trinajstić information content (AvgIpc) is 3.21. The summed E-state index contributed by atoms with van der Waals surface area (Å²) in [4.78, 5) is 19.9. The molecule has 1 aliphatic carbocycles. The van der Waals surface area contributed by atoms with Crippen molar-refractivity contribution in [2.75, 3.05) is 13.2 Å². The molecule has 3 aromatic rings. The molecule has 4 rings (SSSR count). The minimum absolute atomic E-state index is 0.107. The summed E-state index contributed by atoms with van der Waals surface area (Å²) in [5.74, 6) is 0.770. The number of halogens is 2. The van der Waals surface area contributed by atoms with Gasteiger partial charge in [-0.2, -0.15) is 0 Å². The zero-order valence-electron chi connectivity index (χ0n) is 17.5. The van der Waals surface area contributed by atoms with Crippen LogP contribution < -0.4 is 15.4 Å². The number of benzene rings is 2. The number of imidazole rings is 1. The van der Waals surface area contributed by atoms with Gasteiger partial charge in [-0.05, 0) is 68.1 Å². The van der Waals surface area contributed by atoms with Crippen LogP contribution in [0.15, 0.2) is 42.5 Å². The molecule has 0 saturated heterocycles. The van der Waals surface area contributed by atoms with E-state index in [1.807, 2.05) is 0 Å². The summed E-state index contributed by atoms with van der Waals surface area (Å²) >= 11 is 11.8. The van der Waals surface area contributed by atoms with Gasteiger partial charge in [0, 0.05) is 28.7 Å². The van der Waals surface area contributed by atoms with Gasteiger partial charge in [0.15, 0.2) is 5.82 Å². The van der Waals surface area contributed by atoms with Crippen LogP contribution in [-0.2, 0) is 0 Å². The first-order chi connectivity index (χ1) is 15.5. The van der Waals surface area contributed by atoms with Gasteiger partial charge < -0.3 is 25.5 Å². The molecule has 170 valence electrons. The summed E-state index contributed by atoms with van der Waals surface area (Å²) in [6, 6.07) is 12.8. The molecule has 4 N–H and O–H groups in total. The maximum atomic E-state index is 12.6. The number of fused-ring (bicyclic) bond motifs is 1. The van der Waals surface area contributed by atoms with Crippen LogP contribution in [0.4, 0.5) is 0 Å². The smallest absolute Gasteiger partial charge is 0.287 e. The van der Waals surface area contributed by atoms with Crippen molar-refractivity contribution in [1.82, 2.24) is 20.6 Å². The molecule has 2 aromatic carbocycles. The fourth-order valence-electron chi connectivity index (χ4n) is 3.87. The van der Waals surface area contributed by atoms with E-state index in [0.29, 0.717) is 39.7 Å². The zero-order chi connectivity index (χ0) is 22.5. The summed E-state index contributed by atoms with van der Waals surface area (Å²) in [5, 5.41) is 17.9. The Morgan fingerprint density at radius 2 is 1.78 bits per heavy atom. The van der Waals surface area contributed by atoms with Gasteiger partial charge in [-0.3, -0.25) is 4.79 Å². The lowest BCUT2D eigenvalue weighted by Crippen LogP contribution is -2.44. The Kier molecular flexibility index (Phi) is 7.52. The molecule has 0 radical (unpaired) electrons. The average molecular weight is 477 g/mol. The van der Waals surface area contributed by atoms with Crippen LogP contribution in [0.1, 0.15) is 36.3 Å². The number of rotatable bonds is 8. The van der Waals surface area contributed by atoms with Gasteiger partial charge in [0.1, 0.15) is 18.5 Å². The minimum atomic E-state index is -0.607. The van der Waals surface area contributed by atoms with Crippen LogP contribution in [0.5, 0.6) is 5.75 Å². The van der Waals surface area contributed by atoms with Gasteiger partial charge in [-0.15, -0.1) is 0 Å². The molecule has 1 saturated carbocycles. The van der Waals surface area contributed by atoms with Crippen molar-refractivity contribution in [1.29, 1.82) is 0 Å². The highest BCUT2D eigenvalue weighted by atomic mass is 35.5. The highest BCUT2D eigenvalue weighted by molar-refractivity contribution is 6.31. The highest BCUT2D eigenvalue weighted by Gasteiger charge is 2.24. The number of amides is 1. The van der Waals surface area contributed by atoms with Gasteiger partial charge in [-0.25, -0.2) is 4.98 Å². The first-order valence-corrected chi connectivity index (χ1v) is 11.5. The molecule has 0 aliphatic heterocycles. The number of ether oxygens (including phenoxy) is 1. The van der Waals surface area contributed by atoms with E-state index in [2.05, 4.69) is 20.6 Å². The first-order valence-electron chi connectivity index (χ1n) is 10.7. The third kappa shape index (κ3) is 6.13. The predicted molar refractivity (Wildman–Crippen MR) is 126 cm³/mol. The minimum Gasteiger partial charge on any atom is -0.491 e. The largest absolute Gasteiger partial charge is 0.491 e. The van der Waals surface area contributed by atoms with Crippen molar-refractivity contribution in [3.05, 3.63) is 58.3 Å². The van der Waals surface area contributed by atoms with E-state index in [4.69, 9.17) is 27.9 Å². The van der Waals surface area contributed by atoms with E-state index in [1.165, 1.54) is 0 Å². The number of nitrogens with zero attached hydrogens (tertiary/aromatic N) is 1. The molecule has 1 unspecified atom stereocenters. The maximum absolute atomic E-state index is 12.6. The molecule has 1 amide bonds. The van der Waals surface area contributed by atoms with Crippen molar-refractivity contribution in [2.45, 2.75) is 43.9 Å². The molecule has 1 heterocycles. The Balaban J connectivity index is 1.16. The molecule has 9 heteroatoms. The zero-order valence-corrected chi connectivity index (χ0v) is 19.0. The lowest BCUT2D eigenvalue weighted by molar-refractivity contribution is 0.0906. The summed E-state index contributed by atoms with van der Waals surface area (Å²) in [6.07, 6.45) is 2.97. The molecule has 1 aromatic heterocycles. The number of hydrogen-bond donors (Lipinski definition) is 4. The van der Waals surface area contributed by atoms with Gasteiger partial charge in [-0.1, -0.05) is 23.2 Å². The van der Waals surface area contributed by atoms with Crippen molar-refractivity contribution in [3.63, 3.8) is 0 Å². The van der Waals surface area contributed by atoms with Crippen LogP contribution in [0, 0.1) is 0 Å². The molecule has 7 nitrogen and oxygen atoms in total. The first kappa shape index (κ1) is 22.9. The second-order valence-corrected chi connectivity index (χ2v) is 8.97. The van der Waals surface area contributed by atoms with E-state index in [0.717, 1.165) is 31.2 Å². The molecular formula is C23H26Cl2N4O3. The predicted octanol–water partition coefficient (Wildman–Crippen LogP) is 3.94. The van der Waals surface area contributed by atoms with Crippen molar-refractivity contribution in [3.8, 4) is 5.75 Å². The topological polar surface area (TPSA) is 99.3 Å². The summed E-state index contributed by atoms with van der Waals surface area (Å²) in [7, 11) is 0. The molecule has 1 atom stereocenters. The molecule has 0 bridgehead atoms. The van der Waals surface area contributed by atoms with E-state index in [1.54, 1.807) is 42.5 Å². The van der Waals surface area contributed by atoms with Crippen LogP contribution >= 0.6 is 23.2 Å². The Hall–Kier alpha value is -2.32. The fraction of sp³-hybridized carbons (Fsp3) is 0.391. The Bertz CT molecular complexity index is 1050. The second-order valence-electron chi connectivity index (χ2n) is 8.10. The van der Waals surface area contributed by atoms with Crippen molar-refractivity contribution >= 4 is 40.1 Å². The number of aliphatic hydroxyl groups excluding tert-OH is 1. The lowest BCUT2D eigenvalue weighted by atomic mass is 9.91. The number of aliphatic hydroxyl groups is 1. The van der Waals surface area contributed by atoms with Crippen molar-refractivity contribution in [2.24, 2.45) is 0 Å². The number of carbonyl (C=O) groups excluding carboxylic acids is 1. The molecule has 1 fully saturated rings. The standard InChI is InChI=1S/C23H26Cl2N4O3/c24-14-1-8-19(9-2-14)32-13-18(30)12-26-16-4-6-17(7-5-16)27-23(31)22-28-20-10-3-15(25)11-21(20)29-22/h1-3,8-11,16-18,26,30H,4-7,12-13H2,(H,27,31)(H,28,29). The van der Waals surface area contributed by atoms with E-state index in [-0.39, 0.29) is 18.6 Å². The number of nitrogens with one attached hydrogen (secondary N) is 3. The monoisotopic (exact) mass is 476 g/mol. The lowest BCUT2D eigenvalue weighted by Gasteiger charge is -2.30. The normalized spacial score (nSPS) is 19.6. The van der Waals surface area contributed by atoms with Gasteiger partial charge >= 0.3 is 0 Å². The molecule has 1 aliphatic rings. The van der Waals surface area contributed by atoms with Gasteiger partial charge in [0.2, 0.25) is 0 Å². The van der Waals surface area contributed by atoms with E-state index >= 15 is 0 Å². The number of H-pyrrole nitrogens is 1. The second kappa shape index (κ2) is 10.5. The highest BCUT2D eigenvalue weighted by Crippen LogP contribution is 2.21. The quantitative estimate of drug-likeness (QED) is 0.394. The van der Waals surface area contributed by atoms with E-state index in [9.17, 15) is 9.90 Å². The maximum Gasteiger partial charge on any atom is 0.287 e. The van der Waals surface area contributed by atoms with Crippen LogP contribution in [0.25, 0.3) is 11.0 Å². The van der Waals surface area contributed by atoms with Gasteiger partial charge in [0.25, 0.3) is 5.91 Å². The fourth-order valence-corrected chi connectivity index (χ4v) is 4.17. The Labute approximate surface area is 196 Å². The Morgan fingerprint density at radius 1 is 1.09 bits per heavy atom. The summed E-state index contributed by atoms with van der Waals surface area (Å²) in [5.41, 5.74) is 1.46. The SMILES string of the molecule is O=C(NC1CCC(NCC(O)COc2ccc(Cl)cc2)CC1)c1nc2ccc(Cl)cc2[nH]1. The number of aromatic nitrogens is 2. The van der Waals surface area contributed by atoms with Crippen LogP contribution in [0.2, 0.25) is 10.0 Å². The van der Waals surface area contributed by atoms with Crippen molar-refractivity contribution < 1.29 is 14.6 Å². The van der Waals surface area contributed by atoms with E-state index < -0.39 is 6.10 Å². The number of aromatic amines is 1. The Morgan fingerprint density at radius 3 is 2.53 bits per heavy atom. The number of hydrogen-bond acceptors (Lipinski definition) is 5. The molecule has 32 heavy (non-hydrogen) atoms.